The van der Waals surface area contributed by atoms with Gasteiger partial charge in [0.25, 0.3) is 0 Å². The van der Waals surface area contributed by atoms with Crippen molar-refractivity contribution in [2.45, 2.75) is 26.2 Å². The predicted octanol–water partition coefficient (Wildman–Crippen LogP) is 3.48. The molecule has 1 atom stereocenters. The van der Waals surface area contributed by atoms with E-state index >= 15 is 0 Å². The number of aliphatic carboxylic acids is 1. The summed E-state index contributed by atoms with van der Waals surface area (Å²) in [6.07, 6.45) is -0.679. The van der Waals surface area contributed by atoms with Crippen LogP contribution in [0, 0.1) is 5.92 Å². The molecule has 2 aromatic carbocycles. The van der Waals surface area contributed by atoms with Gasteiger partial charge in [0, 0.05) is 25.6 Å². The summed E-state index contributed by atoms with van der Waals surface area (Å²) in [7, 11) is 0. The highest BCUT2D eigenvalue weighted by atomic mass is 16.5. The van der Waals surface area contributed by atoms with Crippen LogP contribution < -0.4 is 5.32 Å². The van der Waals surface area contributed by atoms with Crippen molar-refractivity contribution in [1.82, 2.24) is 10.2 Å². The maximum absolute atomic E-state index is 12.5. The Morgan fingerprint density at radius 1 is 1.06 bits per heavy atom. The Bertz CT molecular complexity index is 913. The number of nitrogens with zero attached hydrogens (tertiary/aromatic N) is 1. The highest BCUT2D eigenvalue weighted by molar-refractivity contribution is 5.80. The molecule has 7 nitrogen and oxygen atoms in total. The average Bonchev–Trinajstić information content (AvgIpc) is 3.10. The molecular formula is C24H28N2O5. The van der Waals surface area contributed by atoms with E-state index in [0.29, 0.717) is 6.54 Å². The maximum atomic E-state index is 12.5. The molecule has 7 heteroatoms. The standard InChI is InChI=1S/C24H28N2O5/c1-3-26(13-12-22(27)28)23(29)16(2)14-25-24(30)31-15-21-19-10-6-4-8-17(19)18-9-5-7-11-20(18)21/h4-11,16,21H,3,12-15H2,1-2H3,(H,25,30)(H,27,28). The second-order valence-corrected chi connectivity index (χ2v) is 7.67. The second kappa shape index (κ2) is 10.1. The van der Waals surface area contributed by atoms with Gasteiger partial charge in [-0.1, -0.05) is 55.5 Å². The molecule has 0 bridgehead atoms. The van der Waals surface area contributed by atoms with Gasteiger partial charge in [0.2, 0.25) is 5.91 Å². The summed E-state index contributed by atoms with van der Waals surface area (Å²) in [5, 5.41) is 11.5. The van der Waals surface area contributed by atoms with Gasteiger partial charge in [-0.15, -0.1) is 0 Å². The zero-order chi connectivity index (χ0) is 22.4. The fraction of sp³-hybridized carbons (Fsp3) is 0.375. The predicted molar refractivity (Wildman–Crippen MR) is 117 cm³/mol. The first-order valence-corrected chi connectivity index (χ1v) is 10.5. The lowest BCUT2D eigenvalue weighted by molar-refractivity contribution is -0.139. The molecule has 0 heterocycles. The number of carbonyl (C=O) groups is 3. The Balaban J connectivity index is 1.53. The summed E-state index contributed by atoms with van der Waals surface area (Å²) in [5.41, 5.74) is 4.59. The number of ether oxygens (including phenoxy) is 1. The molecule has 1 unspecified atom stereocenters. The molecular weight excluding hydrogens is 396 g/mol. The summed E-state index contributed by atoms with van der Waals surface area (Å²) < 4.78 is 5.48. The minimum atomic E-state index is -0.948. The first-order chi connectivity index (χ1) is 14.9. The summed E-state index contributed by atoms with van der Waals surface area (Å²) in [5.74, 6) is -1.64. The molecule has 0 fully saturated rings. The van der Waals surface area contributed by atoms with E-state index in [9.17, 15) is 14.4 Å². The number of rotatable bonds is 9. The first-order valence-electron chi connectivity index (χ1n) is 10.5. The van der Waals surface area contributed by atoms with Crippen molar-refractivity contribution < 1.29 is 24.2 Å². The van der Waals surface area contributed by atoms with Crippen molar-refractivity contribution in [2.24, 2.45) is 5.92 Å². The number of amides is 2. The van der Waals surface area contributed by atoms with Crippen molar-refractivity contribution in [3.63, 3.8) is 0 Å². The van der Waals surface area contributed by atoms with Gasteiger partial charge < -0.3 is 20.1 Å². The summed E-state index contributed by atoms with van der Waals surface area (Å²) in [6, 6.07) is 16.2. The van der Waals surface area contributed by atoms with Crippen molar-refractivity contribution >= 4 is 18.0 Å². The van der Waals surface area contributed by atoms with Crippen LogP contribution in [0.2, 0.25) is 0 Å². The fourth-order valence-corrected chi connectivity index (χ4v) is 3.94. The number of hydrogen-bond acceptors (Lipinski definition) is 4. The van der Waals surface area contributed by atoms with Gasteiger partial charge in [-0.2, -0.15) is 0 Å². The van der Waals surface area contributed by atoms with Crippen molar-refractivity contribution in [3.8, 4) is 11.1 Å². The Labute approximate surface area is 182 Å². The van der Waals surface area contributed by atoms with Crippen LogP contribution in [0.25, 0.3) is 11.1 Å². The van der Waals surface area contributed by atoms with E-state index in [1.165, 1.54) is 4.90 Å². The summed E-state index contributed by atoms with van der Waals surface area (Å²) in [6.45, 7) is 4.41. The zero-order valence-electron chi connectivity index (χ0n) is 17.8. The van der Waals surface area contributed by atoms with E-state index < -0.39 is 18.0 Å². The lowest BCUT2D eigenvalue weighted by Gasteiger charge is -2.24. The number of carboxylic acids is 1. The van der Waals surface area contributed by atoms with E-state index in [0.717, 1.165) is 22.3 Å². The minimum absolute atomic E-state index is 0.0243. The van der Waals surface area contributed by atoms with Crippen LogP contribution in [-0.2, 0) is 14.3 Å². The van der Waals surface area contributed by atoms with Gasteiger partial charge in [0.1, 0.15) is 6.61 Å². The molecule has 0 aliphatic heterocycles. The van der Waals surface area contributed by atoms with Crippen LogP contribution in [0.15, 0.2) is 48.5 Å². The van der Waals surface area contributed by atoms with E-state index in [1.807, 2.05) is 24.3 Å². The third-order valence-electron chi connectivity index (χ3n) is 5.61. The van der Waals surface area contributed by atoms with Gasteiger partial charge in [0.05, 0.1) is 12.3 Å². The van der Waals surface area contributed by atoms with Crippen LogP contribution in [0.3, 0.4) is 0 Å². The lowest BCUT2D eigenvalue weighted by atomic mass is 9.98. The van der Waals surface area contributed by atoms with Crippen LogP contribution in [0.1, 0.15) is 37.3 Å². The Morgan fingerprint density at radius 2 is 1.65 bits per heavy atom. The SMILES string of the molecule is CCN(CCC(=O)O)C(=O)C(C)CNC(=O)OCC1c2ccccc2-c2ccccc21. The van der Waals surface area contributed by atoms with Crippen LogP contribution in [0.5, 0.6) is 0 Å². The van der Waals surface area contributed by atoms with Gasteiger partial charge in [-0.05, 0) is 29.2 Å². The topological polar surface area (TPSA) is 95.9 Å². The molecule has 2 aromatic rings. The van der Waals surface area contributed by atoms with E-state index in [-0.39, 0.29) is 37.9 Å². The number of benzene rings is 2. The molecule has 164 valence electrons. The number of carbonyl (C=O) groups excluding carboxylic acids is 2. The Kier molecular flexibility index (Phi) is 7.28. The number of hydrogen-bond donors (Lipinski definition) is 2. The van der Waals surface area contributed by atoms with Gasteiger partial charge >= 0.3 is 12.1 Å². The van der Waals surface area contributed by atoms with Crippen molar-refractivity contribution in [1.29, 1.82) is 0 Å². The highest BCUT2D eigenvalue weighted by Crippen LogP contribution is 2.44. The number of nitrogens with one attached hydrogen (secondary N) is 1. The van der Waals surface area contributed by atoms with E-state index in [4.69, 9.17) is 9.84 Å². The first kappa shape index (κ1) is 22.3. The monoisotopic (exact) mass is 424 g/mol. The molecule has 0 spiro atoms. The quantitative estimate of drug-likeness (QED) is 0.642. The molecule has 0 saturated heterocycles. The van der Waals surface area contributed by atoms with Gasteiger partial charge in [-0.25, -0.2) is 4.79 Å². The molecule has 0 radical (unpaired) electrons. The number of alkyl carbamates (subject to hydrolysis) is 1. The molecule has 0 aromatic heterocycles. The third-order valence-corrected chi connectivity index (χ3v) is 5.61. The molecule has 0 saturated carbocycles. The van der Waals surface area contributed by atoms with Crippen molar-refractivity contribution in [3.05, 3.63) is 59.7 Å². The molecule has 1 aliphatic carbocycles. The smallest absolute Gasteiger partial charge is 0.407 e. The average molecular weight is 424 g/mol. The maximum Gasteiger partial charge on any atom is 0.407 e. The van der Waals surface area contributed by atoms with Crippen molar-refractivity contribution in [2.75, 3.05) is 26.2 Å². The third kappa shape index (κ3) is 5.23. The van der Waals surface area contributed by atoms with Gasteiger partial charge in [-0.3, -0.25) is 9.59 Å². The molecule has 31 heavy (non-hydrogen) atoms. The normalized spacial score (nSPS) is 13.1. The molecule has 1 aliphatic rings. The van der Waals surface area contributed by atoms with Crippen LogP contribution >= 0.6 is 0 Å². The lowest BCUT2D eigenvalue weighted by Crippen LogP contribution is -2.41. The van der Waals surface area contributed by atoms with Gasteiger partial charge in [0.15, 0.2) is 0 Å². The molecule has 2 amide bonds. The molecule has 2 N–H and O–H groups in total. The largest absolute Gasteiger partial charge is 0.481 e. The fourth-order valence-electron chi connectivity index (χ4n) is 3.94. The minimum Gasteiger partial charge on any atom is -0.481 e. The summed E-state index contributed by atoms with van der Waals surface area (Å²) >= 11 is 0. The van der Waals surface area contributed by atoms with Crippen LogP contribution in [-0.4, -0.2) is 54.2 Å². The zero-order valence-corrected chi connectivity index (χ0v) is 17.8. The van der Waals surface area contributed by atoms with E-state index in [1.54, 1.807) is 13.8 Å². The van der Waals surface area contributed by atoms with Crippen LogP contribution in [0.4, 0.5) is 4.79 Å². The molecule has 3 rings (SSSR count). The highest BCUT2D eigenvalue weighted by Gasteiger charge is 2.29. The Hall–Kier alpha value is -3.35. The number of carboxylic acid groups (broad SMARTS) is 1. The van der Waals surface area contributed by atoms with E-state index in [2.05, 4.69) is 29.6 Å². The summed E-state index contributed by atoms with van der Waals surface area (Å²) in [4.78, 5) is 37.0. The Morgan fingerprint density at radius 3 is 2.19 bits per heavy atom. The second-order valence-electron chi connectivity index (χ2n) is 7.67. The number of fused-ring (bicyclic) bond motifs is 3.